The number of pyridine rings is 3. The van der Waals surface area contributed by atoms with E-state index in [-0.39, 0.29) is 25.9 Å². The molecule has 0 spiro atoms. The average molecular weight is 781 g/mol. The van der Waals surface area contributed by atoms with E-state index in [0.717, 1.165) is 33.3 Å². The van der Waals surface area contributed by atoms with E-state index in [1.165, 1.54) is 0 Å². The first-order valence-electron chi connectivity index (χ1n) is 13.9. The van der Waals surface area contributed by atoms with Crippen LogP contribution >= 0.6 is 0 Å². The largest absolute Gasteiger partial charge is 3.00 e. The zero-order chi connectivity index (χ0) is 31.2. The molecule has 6 rings (SSSR count). The molecule has 9 heteroatoms. The van der Waals surface area contributed by atoms with E-state index in [1.807, 2.05) is 105 Å². The summed E-state index contributed by atoms with van der Waals surface area (Å²) in [5.41, 5.74) is 1.82. The predicted octanol–water partition coefficient (Wildman–Crippen LogP) is 7.84. The van der Waals surface area contributed by atoms with Crippen molar-refractivity contribution in [1.82, 2.24) is 24.7 Å². The fourth-order valence-electron chi connectivity index (χ4n) is 4.77. The first kappa shape index (κ1) is 33.4. The third kappa shape index (κ3) is 7.44. The molecular weight excluding hydrogens is 752 g/mol. The maximum absolute atomic E-state index is 13.1. The quantitative estimate of drug-likeness (QED) is 0.162. The predicted molar refractivity (Wildman–Crippen MR) is 162 cm³/mol. The minimum absolute atomic E-state index is 0. The number of halogens is 3. The van der Waals surface area contributed by atoms with Gasteiger partial charge in [-0.3, -0.25) is 20.1 Å². The van der Waals surface area contributed by atoms with E-state index < -0.39 is 22.7 Å². The van der Waals surface area contributed by atoms with Crippen LogP contribution in [0.1, 0.15) is 54.7 Å². The molecule has 0 radical (unpaired) electrons. The maximum atomic E-state index is 13.1. The van der Waals surface area contributed by atoms with Crippen molar-refractivity contribution in [2.45, 2.75) is 37.8 Å². The summed E-state index contributed by atoms with van der Waals surface area (Å²) in [6.07, 6.45) is 1.46. The van der Waals surface area contributed by atoms with Gasteiger partial charge in [-0.25, -0.2) is 0 Å². The van der Waals surface area contributed by atoms with E-state index in [0.29, 0.717) is 5.69 Å². The second-order valence-corrected chi connectivity index (χ2v) is 10.7. The molecule has 0 N–H and O–H groups in total. The van der Waals surface area contributed by atoms with Crippen LogP contribution in [0.5, 0.6) is 0 Å². The Morgan fingerprint density at radius 2 is 1.20 bits per heavy atom. The van der Waals surface area contributed by atoms with Gasteiger partial charge in [-0.15, -0.1) is 17.2 Å². The summed E-state index contributed by atoms with van der Waals surface area (Å²) in [6.45, 7) is 6.08. The summed E-state index contributed by atoms with van der Waals surface area (Å²) in [7, 11) is 0. The van der Waals surface area contributed by atoms with Crippen LogP contribution in [-0.4, -0.2) is 24.7 Å². The van der Waals surface area contributed by atoms with E-state index in [2.05, 4.69) is 40.3 Å². The molecule has 0 aliphatic heterocycles. The Bertz CT molecular complexity index is 1720. The van der Waals surface area contributed by atoms with Gasteiger partial charge >= 0.3 is 26.3 Å². The molecule has 45 heavy (non-hydrogen) atoms. The zero-order valence-corrected chi connectivity index (χ0v) is 27.1. The zero-order valence-electron chi connectivity index (χ0n) is 24.8. The number of aromatic nitrogens is 5. The molecule has 0 amide bonds. The van der Waals surface area contributed by atoms with Crippen molar-refractivity contribution in [2.75, 3.05) is 0 Å². The van der Waals surface area contributed by atoms with Gasteiger partial charge in [-0.05, 0) is 51.1 Å². The molecule has 0 bridgehead atoms. The molecule has 2 aromatic carbocycles. The molecule has 0 unspecified atom stereocenters. The van der Waals surface area contributed by atoms with E-state index in [1.54, 1.807) is 24.5 Å². The fraction of sp³-hybridized carbons (Fsp3) is 0.167. The van der Waals surface area contributed by atoms with Gasteiger partial charge in [0.15, 0.2) is 0 Å². The number of alkyl halides is 3. The van der Waals surface area contributed by atoms with Crippen LogP contribution in [0, 0.1) is 18.3 Å². The van der Waals surface area contributed by atoms with Crippen molar-refractivity contribution in [2.24, 2.45) is 0 Å². The van der Waals surface area contributed by atoms with Crippen LogP contribution in [0.25, 0.3) is 5.82 Å². The molecule has 0 saturated carbocycles. The third-order valence-corrected chi connectivity index (χ3v) is 7.38. The molecule has 0 aliphatic carbocycles. The Labute approximate surface area is 274 Å². The summed E-state index contributed by atoms with van der Waals surface area (Å²) < 4.78 is 40.2. The summed E-state index contributed by atoms with van der Waals surface area (Å²) in [5, 5.41) is 3.61. The topological polar surface area (TPSA) is 56.5 Å². The molecule has 0 aliphatic rings. The smallest absolute Gasteiger partial charge is 0.343 e. The molecule has 0 fully saturated rings. The monoisotopic (exact) mass is 781 g/mol. The molecular formula is C36H29F3IrN5. The second-order valence-electron chi connectivity index (χ2n) is 10.7. The number of hydrogen-bond acceptors (Lipinski definition) is 4. The Morgan fingerprint density at radius 1 is 0.622 bits per heavy atom. The van der Waals surface area contributed by atoms with Gasteiger partial charge in [-0.2, -0.15) is 73.8 Å². The summed E-state index contributed by atoms with van der Waals surface area (Å²) in [4.78, 5) is 13.6. The van der Waals surface area contributed by atoms with Gasteiger partial charge in [0.1, 0.15) is 0 Å². The molecule has 0 saturated heterocycles. The van der Waals surface area contributed by atoms with Gasteiger partial charge in [0.05, 0.1) is 22.9 Å². The van der Waals surface area contributed by atoms with Crippen molar-refractivity contribution in [3.05, 3.63) is 174 Å². The van der Waals surface area contributed by atoms with Crippen LogP contribution in [0.15, 0.2) is 122 Å². The molecule has 4 aromatic heterocycles. The van der Waals surface area contributed by atoms with Crippen molar-refractivity contribution < 1.29 is 33.3 Å². The maximum Gasteiger partial charge on any atom is 3.00 e. The van der Waals surface area contributed by atoms with Crippen LogP contribution in [0.3, 0.4) is 0 Å². The van der Waals surface area contributed by atoms with Crippen molar-refractivity contribution in [3.8, 4) is 5.82 Å². The van der Waals surface area contributed by atoms with E-state index >= 15 is 0 Å². The molecule has 6 aromatic rings. The molecule has 4 heterocycles. The van der Waals surface area contributed by atoms with Gasteiger partial charge in [0.2, 0.25) is 0 Å². The van der Waals surface area contributed by atoms with Crippen molar-refractivity contribution in [1.29, 1.82) is 0 Å². The van der Waals surface area contributed by atoms with Crippen molar-refractivity contribution in [3.63, 3.8) is 0 Å². The Morgan fingerprint density at radius 3 is 1.69 bits per heavy atom. The normalized spacial score (nSPS) is 11.6. The van der Waals surface area contributed by atoms with Crippen LogP contribution in [0.2, 0.25) is 0 Å². The molecule has 0 atom stereocenters. The molecule has 228 valence electrons. The van der Waals surface area contributed by atoms with E-state index in [9.17, 15) is 13.2 Å². The van der Waals surface area contributed by atoms with Crippen LogP contribution in [0.4, 0.5) is 13.2 Å². The first-order chi connectivity index (χ1) is 21.1. The fourth-order valence-corrected chi connectivity index (χ4v) is 4.77. The summed E-state index contributed by atoms with van der Waals surface area (Å²) >= 11 is 0. The number of nitrogens with zero attached hydrogens (tertiary/aromatic N) is 5. The average Bonchev–Trinajstić information content (AvgIpc) is 3.58. The minimum Gasteiger partial charge on any atom is -0.343 e. The summed E-state index contributed by atoms with van der Waals surface area (Å²) in [5.74, 6) is 0.241. The number of hydrogen-bond donors (Lipinski definition) is 0. The summed E-state index contributed by atoms with van der Waals surface area (Å²) in [6, 6.07) is 40.0. The van der Waals surface area contributed by atoms with Crippen LogP contribution in [-0.2, 0) is 37.1 Å². The third-order valence-electron chi connectivity index (χ3n) is 7.38. The second kappa shape index (κ2) is 14.1. The SMILES string of the molecule is CC(C)(c1cccc(-n2[c-]cc(C(F)(F)F)n2)n1)c1cccc(C(C)(c2[c-]cccc2)c2[c-]cccc2)n1.[Ir+3].c1ccncc1. The number of benzene rings is 2. The molecule has 5 nitrogen and oxygen atoms in total. The van der Waals surface area contributed by atoms with Gasteiger partial charge in [0, 0.05) is 28.9 Å². The van der Waals surface area contributed by atoms with Crippen LogP contribution < -0.4 is 0 Å². The Kier molecular flexibility index (Phi) is 10.5. The first-order valence-corrected chi connectivity index (χ1v) is 13.9. The van der Waals surface area contributed by atoms with Gasteiger partial charge in [-0.1, -0.05) is 30.5 Å². The standard InChI is InChI=1S/C31H24F3N4.C5H5N.Ir/c1-29(2,25-17-11-19-28(36-25)38-21-20-27(37-38)31(32,33)34)24-16-10-18-26(35-24)30(3,22-12-6-4-7-13-22)23-14-8-5-9-15-23;1-2-4-6-5-3-1;/h4-12,14,16-20H,1-3H3;1-5H;/q-3;;+3. The Hall–Kier alpha value is -4.46. The van der Waals surface area contributed by atoms with Gasteiger partial charge < -0.3 is 4.68 Å². The number of rotatable bonds is 6. The minimum atomic E-state index is -4.55. The Balaban J connectivity index is 0.000000591. The van der Waals surface area contributed by atoms with Gasteiger partial charge in [0.25, 0.3) is 0 Å². The van der Waals surface area contributed by atoms with E-state index in [4.69, 9.17) is 4.98 Å². The van der Waals surface area contributed by atoms with Crippen molar-refractivity contribution >= 4 is 0 Å².